The van der Waals surface area contributed by atoms with E-state index in [9.17, 15) is 4.79 Å². The van der Waals surface area contributed by atoms with Crippen LogP contribution in [-0.4, -0.2) is 22.9 Å². The molecule has 5 heteroatoms. The highest BCUT2D eigenvalue weighted by atomic mass is 79.9. The number of ether oxygens (including phenoxy) is 1. The van der Waals surface area contributed by atoms with E-state index < -0.39 is 0 Å². The van der Waals surface area contributed by atoms with E-state index in [-0.39, 0.29) is 12.0 Å². The molecule has 1 atom stereocenters. The molecule has 4 nitrogen and oxygen atoms in total. The summed E-state index contributed by atoms with van der Waals surface area (Å²) in [5.74, 6) is -0.300. The molecule has 1 heterocycles. The third kappa shape index (κ3) is 1.85. The van der Waals surface area contributed by atoms with Crippen LogP contribution in [-0.2, 0) is 9.53 Å². The molecule has 0 unspecified atom stereocenters. The predicted molar refractivity (Wildman–Crippen MR) is 46.7 cm³/mol. The average Bonchev–Trinajstić information content (AvgIpc) is 2.49. The van der Waals surface area contributed by atoms with Crippen LogP contribution in [0.2, 0.25) is 0 Å². The number of esters is 1. The second kappa shape index (κ2) is 3.71. The van der Waals surface area contributed by atoms with Gasteiger partial charge in [0.2, 0.25) is 0 Å². The van der Waals surface area contributed by atoms with Gasteiger partial charge in [-0.3, -0.25) is 4.68 Å². The second-order valence-corrected chi connectivity index (χ2v) is 3.25. The molecule has 0 saturated heterocycles. The molecular formula is C7H9BrN2O2. The van der Waals surface area contributed by atoms with Crippen molar-refractivity contribution in [2.24, 2.45) is 0 Å². The van der Waals surface area contributed by atoms with Crippen LogP contribution in [0.25, 0.3) is 0 Å². The maximum absolute atomic E-state index is 11.0. The predicted octanol–water partition coefficient (Wildman–Crippen LogP) is 1.38. The fraction of sp³-hybridized carbons (Fsp3) is 0.429. The van der Waals surface area contributed by atoms with Gasteiger partial charge < -0.3 is 4.74 Å². The fourth-order valence-corrected chi connectivity index (χ4v) is 1.11. The Labute approximate surface area is 78.6 Å². The van der Waals surface area contributed by atoms with Crippen molar-refractivity contribution < 1.29 is 9.53 Å². The van der Waals surface area contributed by atoms with E-state index in [4.69, 9.17) is 0 Å². The molecule has 1 aromatic rings. The standard InChI is InChI=1S/C7H9BrN2O2/c1-5(7(11)12-2)10-4-6(8)3-9-10/h3-5H,1-2H3/t5-/m1/s1. The Bertz CT molecular complexity index is 285. The van der Waals surface area contributed by atoms with Crippen molar-refractivity contribution >= 4 is 21.9 Å². The number of methoxy groups -OCH3 is 1. The molecule has 0 saturated carbocycles. The fourth-order valence-electron chi connectivity index (χ4n) is 0.805. The zero-order valence-electron chi connectivity index (χ0n) is 6.82. The van der Waals surface area contributed by atoms with E-state index >= 15 is 0 Å². The highest BCUT2D eigenvalue weighted by molar-refractivity contribution is 9.10. The maximum atomic E-state index is 11.0. The van der Waals surface area contributed by atoms with Crippen LogP contribution in [0.5, 0.6) is 0 Å². The summed E-state index contributed by atoms with van der Waals surface area (Å²) in [5, 5.41) is 3.95. The molecule has 1 rings (SSSR count). The second-order valence-electron chi connectivity index (χ2n) is 2.34. The lowest BCUT2D eigenvalue weighted by Crippen LogP contribution is -2.17. The number of hydrogen-bond acceptors (Lipinski definition) is 3. The highest BCUT2D eigenvalue weighted by Gasteiger charge is 2.15. The molecule has 0 fully saturated rings. The minimum Gasteiger partial charge on any atom is -0.467 e. The van der Waals surface area contributed by atoms with Crippen LogP contribution in [0.15, 0.2) is 16.9 Å². The Morgan fingerprint density at radius 1 is 1.83 bits per heavy atom. The van der Waals surface area contributed by atoms with Crippen molar-refractivity contribution in [2.45, 2.75) is 13.0 Å². The van der Waals surface area contributed by atoms with E-state index in [1.54, 1.807) is 19.3 Å². The Hall–Kier alpha value is -0.840. The molecule has 0 amide bonds. The van der Waals surface area contributed by atoms with E-state index in [0.29, 0.717) is 0 Å². The number of carbonyl (C=O) groups excluding carboxylic acids is 1. The van der Waals surface area contributed by atoms with Gasteiger partial charge in [-0.1, -0.05) is 0 Å². The first-order chi connectivity index (χ1) is 5.65. The lowest BCUT2D eigenvalue weighted by Gasteiger charge is -2.08. The van der Waals surface area contributed by atoms with Gasteiger partial charge in [0, 0.05) is 6.20 Å². The van der Waals surface area contributed by atoms with E-state index in [1.807, 2.05) is 0 Å². The van der Waals surface area contributed by atoms with E-state index in [2.05, 4.69) is 25.8 Å². The smallest absolute Gasteiger partial charge is 0.330 e. The van der Waals surface area contributed by atoms with Gasteiger partial charge in [-0.15, -0.1) is 0 Å². The number of nitrogens with zero attached hydrogens (tertiary/aromatic N) is 2. The molecule has 0 radical (unpaired) electrons. The first-order valence-electron chi connectivity index (χ1n) is 3.42. The maximum Gasteiger partial charge on any atom is 0.330 e. The van der Waals surface area contributed by atoms with Crippen LogP contribution in [0.1, 0.15) is 13.0 Å². The summed E-state index contributed by atoms with van der Waals surface area (Å²) < 4.78 is 6.94. The molecule has 0 aliphatic carbocycles. The van der Waals surface area contributed by atoms with E-state index in [1.165, 1.54) is 11.8 Å². The van der Waals surface area contributed by atoms with Crippen LogP contribution in [0.3, 0.4) is 0 Å². The summed E-state index contributed by atoms with van der Waals surface area (Å²) >= 11 is 3.24. The summed E-state index contributed by atoms with van der Waals surface area (Å²) in [6.45, 7) is 1.73. The minimum absolute atomic E-state index is 0.300. The van der Waals surface area contributed by atoms with Gasteiger partial charge >= 0.3 is 5.97 Å². The van der Waals surface area contributed by atoms with Gasteiger partial charge in [-0.2, -0.15) is 5.10 Å². The van der Waals surface area contributed by atoms with Crippen LogP contribution in [0, 0.1) is 0 Å². The van der Waals surface area contributed by atoms with Crippen LogP contribution >= 0.6 is 15.9 Å². The molecular weight excluding hydrogens is 224 g/mol. The van der Waals surface area contributed by atoms with Crippen molar-refractivity contribution in [2.75, 3.05) is 7.11 Å². The Balaban J connectivity index is 2.77. The molecule has 0 aliphatic heterocycles. The first-order valence-corrected chi connectivity index (χ1v) is 4.22. The van der Waals surface area contributed by atoms with Gasteiger partial charge in [0.05, 0.1) is 17.8 Å². The zero-order valence-corrected chi connectivity index (χ0v) is 8.41. The van der Waals surface area contributed by atoms with Gasteiger partial charge in [0.15, 0.2) is 0 Å². The zero-order chi connectivity index (χ0) is 9.14. The Morgan fingerprint density at radius 2 is 2.50 bits per heavy atom. The third-order valence-electron chi connectivity index (χ3n) is 1.51. The summed E-state index contributed by atoms with van der Waals surface area (Å²) in [5.41, 5.74) is 0. The Kier molecular flexibility index (Phi) is 2.86. The van der Waals surface area contributed by atoms with Crippen molar-refractivity contribution in [3.8, 4) is 0 Å². The normalized spacial score (nSPS) is 12.6. The van der Waals surface area contributed by atoms with Crippen LogP contribution in [0.4, 0.5) is 0 Å². The SMILES string of the molecule is COC(=O)[C@@H](C)n1cc(Br)cn1. The van der Waals surface area contributed by atoms with Crippen molar-refractivity contribution in [3.63, 3.8) is 0 Å². The highest BCUT2D eigenvalue weighted by Crippen LogP contribution is 2.12. The summed E-state index contributed by atoms with van der Waals surface area (Å²) in [6.07, 6.45) is 3.35. The van der Waals surface area contributed by atoms with E-state index in [0.717, 1.165) is 4.47 Å². The molecule has 0 spiro atoms. The van der Waals surface area contributed by atoms with Gasteiger partial charge in [-0.05, 0) is 22.9 Å². The number of hydrogen-bond donors (Lipinski definition) is 0. The molecule has 12 heavy (non-hydrogen) atoms. The Morgan fingerprint density at radius 3 is 2.92 bits per heavy atom. The van der Waals surface area contributed by atoms with Crippen molar-refractivity contribution in [1.82, 2.24) is 9.78 Å². The average molecular weight is 233 g/mol. The van der Waals surface area contributed by atoms with Gasteiger partial charge in [0.25, 0.3) is 0 Å². The lowest BCUT2D eigenvalue weighted by atomic mass is 10.3. The number of halogens is 1. The summed E-state index contributed by atoms with van der Waals surface area (Å²) in [6, 6.07) is -0.374. The third-order valence-corrected chi connectivity index (χ3v) is 1.92. The van der Waals surface area contributed by atoms with Gasteiger partial charge in [-0.25, -0.2) is 4.79 Å². The molecule has 0 aromatic carbocycles. The first kappa shape index (κ1) is 9.25. The number of carbonyl (C=O) groups is 1. The lowest BCUT2D eigenvalue weighted by molar-refractivity contribution is -0.144. The summed E-state index contributed by atoms with van der Waals surface area (Å²) in [7, 11) is 1.36. The largest absolute Gasteiger partial charge is 0.467 e. The van der Waals surface area contributed by atoms with Crippen molar-refractivity contribution in [1.29, 1.82) is 0 Å². The quantitative estimate of drug-likeness (QED) is 0.725. The monoisotopic (exact) mass is 232 g/mol. The minimum atomic E-state index is -0.374. The molecule has 0 aliphatic rings. The molecule has 0 N–H and O–H groups in total. The topological polar surface area (TPSA) is 44.1 Å². The molecule has 0 bridgehead atoms. The number of rotatable bonds is 2. The number of aromatic nitrogens is 2. The summed E-state index contributed by atoms with van der Waals surface area (Å²) in [4.78, 5) is 11.0. The van der Waals surface area contributed by atoms with Crippen LogP contribution < -0.4 is 0 Å². The molecule has 1 aromatic heterocycles. The van der Waals surface area contributed by atoms with Crippen molar-refractivity contribution in [3.05, 3.63) is 16.9 Å². The van der Waals surface area contributed by atoms with Gasteiger partial charge in [0.1, 0.15) is 6.04 Å². The molecule has 66 valence electrons.